The van der Waals surface area contributed by atoms with Gasteiger partial charge < -0.3 is 15.2 Å². The predicted molar refractivity (Wildman–Crippen MR) is 76.3 cm³/mol. The maximum atomic E-state index is 9.87. The summed E-state index contributed by atoms with van der Waals surface area (Å²) in [4.78, 5) is 2.35. The Kier molecular flexibility index (Phi) is 5.63. The standard InChI is InChI=1S/C15H24N2O2/c1-19-10-9-17(12-14-6-4-8-16-14)11-13-5-2-3-7-15(13)18/h2-3,5,7,14,16,18H,4,6,8-12H2,1H3. The Hall–Kier alpha value is -1.10. The molecule has 1 fully saturated rings. The van der Waals surface area contributed by atoms with Gasteiger partial charge in [0.05, 0.1) is 6.61 Å². The predicted octanol–water partition coefficient (Wildman–Crippen LogP) is 1.59. The van der Waals surface area contributed by atoms with Gasteiger partial charge in [-0.3, -0.25) is 4.90 Å². The van der Waals surface area contributed by atoms with Gasteiger partial charge in [0.2, 0.25) is 0 Å². The zero-order chi connectivity index (χ0) is 13.5. The molecule has 1 saturated heterocycles. The van der Waals surface area contributed by atoms with Crippen molar-refractivity contribution >= 4 is 0 Å². The van der Waals surface area contributed by atoms with Crippen LogP contribution in [0.3, 0.4) is 0 Å². The summed E-state index contributed by atoms with van der Waals surface area (Å²) in [5.74, 6) is 0.379. The highest BCUT2D eigenvalue weighted by atomic mass is 16.5. The molecular weight excluding hydrogens is 240 g/mol. The topological polar surface area (TPSA) is 44.7 Å². The van der Waals surface area contributed by atoms with Crippen LogP contribution in [0, 0.1) is 0 Å². The second kappa shape index (κ2) is 7.48. The molecule has 1 atom stereocenters. The van der Waals surface area contributed by atoms with Crippen molar-refractivity contribution in [3.05, 3.63) is 29.8 Å². The van der Waals surface area contributed by atoms with Crippen molar-refractivity contribution in [2.75, 3.05) is 33.4 Å². The van der Waals surface area contributed by atoms with E-state index < -0.39 is 0 Å². The Morgan fingerprint density at radius 2 is 2.26 bits per heavy atom. The van der Waals surface area contributed by atoms with Gasteiger partial charge in [-0.15, -0.1) is 0 Å². The van der Waals surface area contributed by atoms with Crippen LogP contribution >= 0.6 is 0 Å². The summed E-state index contributed by atoms with van der Waals surface area (Å²) < 4.78 is 5.18. The number of phenols is 1. The molecule has 0 aliphatic carbocycles. The Balaban J connectivity index is 1.94. The van der Waals surface area contributed by atoms with Crippen molar-refractivity contribution in [3.8, 4) is 5.75 Å². The summed E-state index contributed by atoms with van der Waals surface area (Å²) >= 11 is 0. The van der Waals surface area contributed by atoms with E-state index in [9.17, 15) is 5.11 Å². The number of phenolic OH excluding ortho intramolecular Hbond substituents is 1. The Morgan fingerprint density at radius 1 is 1.42 bits per heavy atom. The highest BCUT2D eigenvalue weighted by molar-refractivity contribution is 5.31. The minimum atomic E-state index is 0.379. The van der Waals surface area contributed by atoms with E-state index in [2.05, 4.69) is 10.2 Å². The van der Waals surface area contributed by atoms with Crippen LogP contribution in [0.5, 0.6) is 5.75 Å². The number of benzene rings is 1. The van der Waals surface area contributed by atoms with Crippen LogP contribution in [0.1, 0.15) is 18.4 Å². The molecule has 4 nitrogen and oxygen atoms in total. The molecule has 2 N–H and O–H groups in total. The van der Waals surface area contributed by atoms with Gasteiger partial charge in [0.25, 0.3) is 0 Å². The van der Waals surface area contributed by atoms with Crippen LogP contribution in [0.25, 0.3) is 0 Å². The summed E-state index contributed by atoms with van der Waals surface area (Å²) in [6.07, 6.45) is 2.50. The van der Waals surface area contributed by atoms with Gasteiger partial charge in [-0.05, 0) is 25.5 Å². The molecular formula is C15H24N2O2. The largest absolute Gasteiger partial charge is 0.508 e. The average molecular weight is 264 g/mol. The van der Waals surface area contributed by atoms with E-state index in [0.717, 1.165) is 38.3 Å². The number of aromatic hydroxyl groups is 1. The van der Waals surface area contributed by atoms with Gasteiger partial charge >= 0.3 is 0 Å². The highest BCUT2D eigenvalue weighted by Gasteiger charge is 2.18. The van der Waals surface area contributed by atoms with Crippen molar-refractivity contribution < 1.29 is 9.84 Å². The first-order chi connectivity index (χ1) is 9.29. The normalized spacial score (nSPS) is 19.2. The monoisotopic (exact) mass is 264 g/mol. The fourth-order valence-corrected chi connectivity index (χ4v) is 2.56. The van der Waals surface area contributed by atoms with Gasteiger partial charge in [-0.25, -0.2) is 0 Å². The van der Waals surface area contributed by atoms with Crippen LogP contribution in [0.2, 0.25) is 0 Å². The molecule has 0 spiro atoms. The molecule has 1 unspecified atom stereocenters. The first kappa shape index (κ1) is 14.3. The van der Waals surface area contributed by atoms with E-state index in [1.54, 1.807) is 13.2 Å². The number of para-hydroxylation sites is 1. The first-order valence-corrected chi connectivity index (χ1v) is 7.01. The summed E-state index contributed by atoms with van der Waals surface area (Å²) in [7, 11) is 1.73. The number of methoxy groups -OCH3 is 1. The third kappa shape index (κ3) is 4.49. The summed E-state index contributed by atoms with van der Waals surface area (Å²) in [5, 5.41) is 13.4. The average Bonchev–Trinajstić information content (AvgIpc) is 2.91. The summed E-state index contributed by atoms with van der Waals surface area (Å²) in [6, 6.07) is 8.13. The lowest BCUT2D eigenvalue weighted by Crippen LogP contribution is -2.38. The lowest BCUT2D eigenvalue weighted by atomic mass is 10.1. The molecule has 1 aliphatic rings. The van der Waals surface area contributed by atoms with E-state index in [-0.39, 0.29) is 0 Å². The van der Waals surface area contributed by atoms with Crippen molar-refractivity contribution in [3.63, 3.8) is 0 Å². The fraction of sp³-hybridized carbons (Fsp3) is 0.600. The molecule has 1 aromatic rings. The highest BCUT2D eigenvalue weighted by Crippen LogP contribution is 2.18. The van der Waals surface area contributed by atoms with Crippen LogP contribution in [-0.4, -0.2) is 49.4 Å². The summed E-state index contributed by atoms with van der Waals surface area (Å²) in [5.41, 5.74) is 0.983. The van der Waals surface area contributed by atoms with Gasteiger partial charge in [0.1, 0.15) is 5.75 Å². The van der Waals surface area contributed by atoms with Gasteiger partial charge in [-0.1, -0.05) is 18.2 Å². The lowest BCUT2D eigenvalue weighted by Gasteiger charge is -2.25. The first-order valence-electron chi connectivity index (χ1n) is 7.01. The number of nitrogens with zero attached hydrogens (tertiary/aromatic N) is 1. The fourth-order valence-electron chi connectivity index (χ4n) is 2.56. The second-order valence-corrected chi connectivity index (χ2v) is 5.15. The molecule has 4 heteroatoms. The van der Waals surface area contributed by atoms with Crippen LogP contribution in [-0.2, 0) is 11.3 Å². The van der Waals surface area contributed by atoms with Gasteiger partial charge in [0.15, 0.2) is 0 Å². The molecule has 106 valence electrons. The Morgan fingerprint density at radius 3 is 2.95 bits per heavy atom. The number of nitrogens with one attached hydrogen (secondary N) is 1. The molecule has 0 amide bonds. The third-order valence-electron chi connectivity index (χ3n) is 3.64. The molecule has 19 heavy (non-hydrogen) atoms. The second-order valence-electron chi connectivity index (χ2n) is 5.15. The molecule has 1 heterocycles. The smallest absolute Gasteiger partial charge is 0.120 e. The van der Waals surface area contributed by atoms with E-state index in [1.165, 1.54) is 12.8 Å². The Bertz CT molecular complexity index is 378. The number of hydrogen-bond donors (Lipinski definition) is 2. The number of hydrogen-bond acceptors (Lipinski definition) is 4. The molecule has 2 rings (SSSR count). The van der Waals surface area contributed by atoms with Crippen molar-refractivity contribution in [2.45, 2.75) is 25.4 Å². The molecule has 1 aromatic carbocycles. The minimum Gasteiger partial charge on any atom is -0.508 e. The molecule has 0 aromatic heterocycles. The van der Waals surface area contributed by atoms with Crippen molar-refractivity contribution in [2.24, 2.45) is 0 Å². The third-order valence-corrected chi connectivity index (χ3v) is 3.64. The maximum Gasteiger partial charge on any atom is 0.120 e. The molecule has 0 saturated carbocycles. The molecule has 0 radical (unpaired) electrons. The molecule has 1 aliphatic heterocycles. The van der Waals surface area contributed by atoms with Crippen LogP contribution < -0.4 is 5.32 Å². The number of ether oxygens (including phenoxy) is 1. The van der Waals surface area contributed by atoms with Crippen molar-refractivity contribution in [1.29, 1.82) is 0 Å². The van der Waals surface area contributed by atoms with Gasteiger partial charge in [0, 0.05) is 38.3 Å². The minimum absolute atomic E-state index is 0.379. The van der Waals surface area contributed by atoms with Gasteiger partial charge in [-0.2, -0.15) is 0 Å². The maximum absolute atomic E-state index is 9.87. The summed E-state index contributed by atoms with van der Waals surface area (Å²) in [6.45, 7) is 4.52. The van der Waals surface area contributed by atoms with E-state index in [1.807, 2.05) is 18.2 Å². The quantitative estimate of drug-likeness (QED) is 0.785. The van der Waals surface area contributed by atoms with E-state index in [4.69, 9.17) is 4.74 Å². The SMILES string of the molecule is COCCN(Cc1ccccc1O)CC1CCCN1. The van der Waals surface area contributed by atoms with E-state index in [0.29, 0.717) is 11.8 Å². The number of rotatable bonds is 7. The van der Waals surface area contributed by atoms with Crippen LogP contribution in [0.4, 0.5) is 0 Å². The Labute approximate surface area is 115 Å². The zero-order valence-electron chi connectivity index (χ0n) is 11.6. The molecule has 0 bridgehead atoms. The van der Waals surface area contributed by atoms with Crippen LogP contribution in [0.15, 0.2) is 24.3 Å². The van der Waals surface area contributed by atoms with Crippen molar-refractivity contribution in [1.82, 2.24) is 10.2 Å². The zero-order valence-corrected chi connectivity index (χ0v) is 11.6. The lowest BCUT2D eigenvalue weighted by molar-refractivity contribution is 0.137. The van der Waals surface area contributed by atoms with E-state index >= 15 is 0 Å².